The molecule has 0 fully saturated rings. The van der Waals surface area contributed by atoms with Gasteiger partial charge in [0.25, 0.3) is 0 Å². The van der Waals surface area contributed by atoms with Crippen LogP contribution in [0, 0.1) is 6.92 Å². The van der Waals surface area contributed by atoms with Gasteiger partial charge in [-0.15, -0.1) is 0 Å². The summed E-state index contributed by atoms with van der Waals surface area (Å²) in [6.45, 7) is 11.9. The second kappa shape index (κ2) is 11.2. The first-order valence-electron chi connectivity index (χ1n) is 15.6. The Bertz CT molecular complexity index is 1890. The SMILES string of the molecule is CC[C@H]1c2cc3[nH]c4c(c5nc(cc6nc(cc([nH]2)[C@@H]1C)C(C(C)O)=C6C)[C@@H](C)[C@@H]5CCC(=O)O)C(C(=O)OC)=C(O)c4c3C. The molecule has 45 heavy (non-hydrogen) atoms. The van der Waals surface area contributed by atoms with Gasteiger partial charge in [-0.25, -0.2) is 9.78 Å². The summed E-state index contributed by atoms with van der Waals surface area (Å²) in [6, 6.07) is 5.99. The van der Waals surface area contributed by atoms with Crippen LogP contribution in [0.25, 0.3) is 33.5 Å². The van der Waals surface area contributed by atoms with Gasteiger partial charge in [-0.3, -0.25) is 9.78 Å². The largest absolute Gasteiger partial charge is 0.506 e. The Morgan fingerprint density at radius 3 is 2.38 bits per heavy atom. The van der Waals surface area contributed by atoms with Crippen molar-refractivity contribution in [2.75, 3.05) is 7.11 Å². The number of nitrogens with zero attached hydrogens (tertiary/aromatic N) is 2. The summed E-state index contributed by atoms with van der Waals surface area (Å²) in [7, 11) is 1.27. The van der Waals surface area contributed by atoms with E-state index in [1.165, 1.54) is 7.11 Å². The van der Waals surface area contributed by atoms with Crippen LogP contribution in [0.2, 0.25) is 0 Å². The number of esters is 1. The molecule has 10 nitrogen and oxygen atoms in total. The zero-order valence-electron chi connectivity index (χ0n) is 26.7. The fourth-order valence-corrected chi connectivity index (χ4v) is 7.57. The van der Waals surface area contributed by atoms with E-state index >= 15 is 0 Å². The number of hydrogen-bond acceptors (Lipinski definition) is 7. The van der Waals surface area contributed by atoms with Crippen molar-refractivity contribution in [2.24, 2.45) is 0 Å². The maximum Gasteiger partial charge on any atom is 0.342 e. The minimum atomic E-state index is -0.930. The number of allylic oxidation sites excluding steroid dienone is 1. The molecule has 0 saturated carbocycles. The summed E-state index contributed by atoms with van der Waals surface area (Å²) in [5.74, 6) is -2.04. The molecule has 2 aromatic heterocycles. The van der Waals surface area contributed by atoms with Crippen molar-refractivity contribution in [3.63, 3.8) is 0 Å². The number of aliphatic carboxylic acids is 1. The number of carbonyl (C=O) groups is 2. The number of H-pyrrole nitrogens is 2. The summed E-state index contributed by atoms with van der Waals surface area (Å²) < 4.78 is 5.14. The normalized spacial score (nSPS) is 22.1. The highest BCUT2D eigenvalue weighted by Gasteiger charge is 2.40. The number of methoxy groups -OCH3 is 1. The average Bonchev–Trinajstić information content (AvgIpc) is 3.72. The number of fused-ring (bicyclic) bond motifs is 8. The standard InChI is InChI=1S/C35H40N4O6/c1-8-19-14(2)21-13-26-28(18(6)40)16(4)23(37-26)11-22-15(3)20(9-10-27(41)42)32(38-22)30-31(35(44)45-7)34(43)29-17(5)24(39-33(29)30)12-25(19)36-21/h11-15,18-20,36,39-40,43H,8-10H2,1-7H3,(H,41,42)/t14-,15+,18?,19-,20+/m1/s1. The van der Waals surface area contributed by atoms with Crippen molar-refractivity contribution >= 4 is 45.5 Å². The number of aryl methyl sites for hydroxylation is 1. The maximum absolute atomic E-state index is 13.2. The van der Waals surface area contributed by atoms with Crippen molar-refractivity contribution in [2.45, 2.75) is 90.6 Å². The van der Waals surface area contributed by atoms with Crippen LogP contribution in [0.4, 0.5) is 0 Å². The molecule has 1 unspecified atom stereocenters. The first kappa shape index (κ1) is 30.6. The first-order valence-corrected chi connectivity index (χ1v) is 15.6. The van der Waals surface area contributed by atoms with Crippen molar-refractivity contribution < 1.29 is 29.6 Å². The lowest BCUT2D eigenvalue weighted by atomic mass is 9.85. The smallest absolute Gasteiger partial charge is 0.342 e. The van der Waals surface area contributed by atoms with Crippen LogP contribution in [0.3, 0.4) is 0 Å². The number of aromatic amines is 2. The molecule has 4 aliphatic rings. The van der Waals surface area contributed by atoms with E-state index in [-0.39, 0.29) is 47.8 Å². The predicted molar refractivity (Wildman–Crippen MR) is 172 cm³/mol. The second-order valence-electron chi connectivity index (χ2n) is 12.6. The van der Waals surface area contributed by atoms with Crippen molar-refractivity contribution in [3.8, 4) is 0 Å². The lowest BCUT2D eigenvalue weighted by Crippen LogP contribution is -2.10. The molecule has 0 amide bonds. The number of aliphatic hydroxyl groups excluding tert-OH is 2. The van der Waals surface area contributed by atoms with Crippen LogP contribution >= 0.6 is 0 Å². The number of hydrogen-bond donors (Lipinski definition) is 5. The van der Waals surface area contributed by atoms with Crippen LogP contribution in [-0.2, 0) is 14.3 Å². The summed E-state index contributed by atoms with van der Waals surface area (Å²) in [5.41, 5.74) is 9.25. The van der Waals surface area contributed by atoms with E-state index in [1.54, 1.807) is 6.92 Å². The molecule has 5 N–H and O–H groups in total. The van der Waals surface area contributed by atoms with E-state index in [2.05, 4.69) is 29.9 Å². The van der Waals surface area contributed by atoms with Gasteiger partial charge < -0.3 is 30.0 Å². The molecule has 10 heteroatoms. The molecule has 0 spiro atoms. The molecule has 8 bridgehead atoms. The Kier molecular flexibility index (Phi) is 7.59. The van der Waals surface area contributed by atoms with Gasteiger partial charge in [0.1, 0.15) is 11.3 Å². The number of carboxylic acids is 1. The van der Waals surface area contributed by atoms with Crippen molar-refractivity contribution in [3.05, 3.63) is 69.1 Å². The minimum Gasteiger partial charge on any atom is -0.506 e. The number of ether oxygens (including phenoxy) is 1. The van der Waals surface area contributed by atoms with Crippen molar-refractivity contribution in [1.82, 2.24) is 19.9 Å². The third-order valence-corrected chi connectivity index (χ3v) is 10.1. The zero-order chi connectivity index (χ0) is 32.5. The number of carboxylic acid groups (broad SMARTS) is 1. The molecule has 0 saturated heterocycles. The Balaban J connectivity index is 1.79. The van der Waals surface area contributed by atoms with Crippen LogP contribution in [0.5, 0.6) is 0 Å². The van der Waals surface area contributed by atoms with Gasteiger partial charge in [0.15, 0.2) is 0 Å². The number of aliphatic hydroxyl groups is 2. The van der Waals surface area contributed by atoms with Gasteiger partial charge in [0.2, 0.25) is 0 Å². The third kappa shape index (κ3) is 4.74. The highest BCUT2D eigenvalue weighted by Crippen LogP contribution is 2.49. The molecule has 1 aliphatic carbocycles. The molecule has 6 rings (SSSR count). The van der Waals surface area contributed by atoms with E-state index in [4.69, 9.17) is 14.7 Å². The summed E-state index contributed by atoms with van der Waals surface area (Å²) in [5, 5.41) is 32.0. The van der Waals surface area contributed by atoms with E-state index in [9.17, 15) is 24.9 Å². The Morgan fingerprint density at radius 2 is 1.73 bits per heavy atom. The number of carbonyl (C=O) groups excluding carboxylic acids is 1. The van der Waals surface area contributed by atoms with E-state index in [1.807, 2.05) is 32.9 Å². The summed E-state index contributed by atoms with van der Waals surface area (Å²) in [6.07, 6.45) is 0.324. The molecular weight excluding hydrogens is 572 g/mol. The first-order chi connectivity index (χ1) is 21.4. The lowest BCUT2D eigenvalue weighted by Gasteiger charge is -2.17. The fourth-order valence-electron chi connectivity index (χ4n) is 7.57. The van der Waals surface area contributed by atoms with Crippen LogP contribution in [-0.4, -0.2) is 60.4 Å². The quantitative estimate of drug-likeness (QED) is 0.227. The molecule has 5 atom stereocenters. The van der Waals surface area contributed by atoms with Gasteiger partial charge in [-0.2, -0.15) is 0 Å². The summed E-state index contributed by atoms with van der Waals surface area (Å²) in [4.78, 5) is 42.1. The van der Waals surface area contributed by atoms with Gasteiger partial charge in [0.05, 0.1) is 35.8 Å². The van der Waals surface area contributed by atoms with Gasteiger partial charge >= 0.3 is 11.9 Å². The lowest BCUT2D eigenvalue weighted by molar-refractivity contribution is -0.137. The molecule has 0 aromatic carbocycles. The van der Waals surface area contributed by atoms with Gasteiger partial charge in [0, 0.05) is 69.4 Å². The molecular formula is C35H40N4O6. The van der Waals surface area contributed by atoms with Gasteiger partial charge in [-0.05, 0) is 62.9 Å². The summed E-state index contributed by atoms with van der Waals surface area (Å²) >= 11 is 0. The Hall–Kier alpha value is -4.44. The number of nitrogens with one attached hydrogen (secondary N) is 2. The topological polar surface area (TPSA) is 161 Å². The molecule has 3 aliphatic heterocycles. The predicted octanol–water partition coefficient (Wildman–Crippen LogP) is 6.62. The maximum atomic E-state index is 13.2. The Labute approximate surface area is 261 Å². The molecule has 0 radical (unpaired) electrons. The molecule has 236 valence electrons. The minimum absolute atomic E-state index is 0.0141. The van der Waals surface area contributed by atoms with E-state index < -0.39 is 18.0 Å². The highest BCUT2D eigenvalue weighted by atomic mass is 16.5. The highest BCUT2D eigenvalue weighted by molar-refractivity contribution is 6.30. The van der Waals surface area contributed by atoms with Crippen molar-refractivity contribution in [1.29, 1.82) is 0 Å². The molecule has 5 heterocycles. The van der Waals surface area contributed by atoms with Crippen LogP contribution in [0.1, 0.15) is 128 Å². The van der Waals surface area contributed by atoms with E-state index in [0.29, 0.717) is 39.4 Å². The monoisotopic (exact) mass is 612 g/mol. The third-order valence-electron chi connectivity index (χ3n) is 10.1. The molecule has 2 aromatic rings. The van der Waals surface area contributed by atoms with E-state index in [0.717, 1.165) is 40.0 Å². The van der Waals surface area contributed by atoms with Gasteiger partial charge in [-0.1, -0.05) is 20.8 Å². The van der Waals surface area contributed by atoms with Crippen LogP contribution < -0.4 is 0 Å². The fraction of sp³-hybridized carbons (Fsp3) is 0.429. The number of rotatable bonds is 6. The Morgan fingerprint density at radius 1 is 1.00 bits per heavy atom. The average molecular weight is 613 g/mol. The number of aromatic nitrogens is 4. The van der Waals surface area contributed by atoms with Crippen LogP contribution in [0.15, 0.2) is 18.2 Å². The zero-order valence-corrected chi connectivity index (χ0v) is 26.7. The second-order valence-corrected chi connectivity index (χ2v) is 12.6.